The van der Waals surface area contributed by atoms with E-state index in [-0.39, 0.29) is 12.2 Å². The monoisotopic (exact) mass is 223 g/mol. The number of nitrogens with one attached hydrogen (secondary N) is 1. The summed E-state index contributed by atoms with van der Waals surface area (Å²) < 4.78 is 12.9. The molecule has 0 spiro atoms. The van der Waals surface area contributed by atoms with E-state index < -0.39 is 12.0 Å². The molecule has 2 rings (SSSR count). The van der Waals surface area contributed by atoms with Gasteiger partial charge in [0.15, 0.2) is 0 Å². The zero-order valence-corrected chi connectivity index (χ0v) is 8.27. The first-order valence-corrected chi connectivity index (χ1v) is 4.69. The molecule has 1 atom stereocenters. The second-order valence-corrected chi connectivity index (χ2v) is 3.49. The SMILES string of the molecule is N[C@@H](Cc1nc2ccc(F)cc2[nH]1)C(=O)O. The Morgan fingerprint density at radius 2 is 2.38 bits per heavy atom. The number of imidazole rings is 1. The zero-order chi connectivity index (χ0) is 11.7. The number of carboxylic acids is 1. The third-order valence-electron chi connectivity index (χ3n) is 2.22. The lowest BCUT2D eigenvalue weighted by atomic mass is 10.2. The molecule has 5 nitrogen and oxygen atoms in total. The maximum atomic E-state index is 12.9. The van der Waals surface area contributed by atoms with Gasteiger partial charge in [-0.1, -0.05) is 0 Å². The third kappa shape index (κ3) is 2.01. The van der Waals surface area contributed by atoms with Gasteiger partial charge in [-0.2, -0.15) is 0 Å². The number of fused-ring (bicyclic) bond motifs is 1. The van der Waals surface area contributed by atoms with E-state index in [4.69, 9.17) is 10.8 Å². The number of hydrogen-bond acceptors (Lipinski definition) is 3. The molecule has 0 amide bonds. The molecule has 0 radical (unpaired) electrons. The van der Waals surface area contributed by atoms with Gasteiger partial charge < -0.3 is 15.8 Å². The van der Waals surface area contributed by atoms with E-state index in [9.17, 15) is 9.18 Å². The molecular weight excluding hydrogens is 213 g/mol. The third-order valence-corrected chi connectivity index (χ3v) is 2.22. The van der Waals surface area contributed by atoms with Crippen LogP contribution in [0.5, 0.6) is 0 Å². The molecule has 0 fully saturated rings. The Morgan fingerprint density at radius 3 is 3.06 bits per heavy atom. The van der Waals surface area contributed by atoms with E-state index in [0.717, 1.165) is 0 Å². The van der Waals surface area contributed by atoms with E-state index >= 15 is 0 Å². The van der Waals surface area contributed by atoms with Crippen molar-refractivity contribution in [2.45, 2.75) is 12.5 Å². The number of aromatic nitrogens is 2. The molecule has 84 valence electrons. The quantitative estimate of drug-likeness (QED) is 0.712. The smallest absolute Gasteiger partial charge is 0.320 e. The van der Waals surface area contributed by atoms with Crippen molar-refractivity contribution in [2.75, 3.05) is 0 Å². The molecule has 0 aliphatic heterocycles. The molecule has 1 aromatic carbocycles. The van der Waals surface area contributed by atoms with E-state index in [1.807, 2.05) is 0 Å². The number of hydrogen-bond donors (Lipinski definition) is 3. The van der Waals surface area contributed by atoms with Gasteiger partial charge in [-0.25, -0.2) is 9.37 Å². The Bertz CT molecular complexity index is 538. The first-order valence-electron chi connectivity index (χ1n) is 4.69. The van der Waals surface area contributed by atoms with Crippen LogP contribution < -0.4 is 5.73 Å². The van der Waals surface area contributed by atoms with E-state index in [1.165, 1.54) is 18.2 Å². The number of aromatic amines is 1. The van der Waals surface area contributed by atoms with Gasteiger partial charge in [-0.05, 0) is 18.2 Å². The molecule has 0 saturated heterocycles. The lowest BCUT2D eigenvalue weighted by Gasteiger charge is -2.01. The van der Waals surface area contributed by atoms with Crippen LogP contribution in [-0.4, -0.2) is 27.1 Å². The molecule has 0 aliphatic carbocycles. The number of carboxylic acid groups (broad SMARTS) is 1. The lowest BCUT2D eigenvalue weighted by Crippen LogP contribution is -2.32. The van der Waals surface area contributed by atoms with Crippen molar-refractivity contribution in [1.29, 1.82) is 0 Å². The summed E-state index contributed by atoms with van der Waals surface area (Å²) in [6, 6.07) is 3.12. The minimum absolute atomic E-state index is 0.0889. The summed E-state index contributed by atoms with van der Waals surface area (Å²) in [6.07, 6.45) is 0.0889. The average molecular weight is 223 g/mol. The highest BCUT2D eigenvalue weighted by Crippen LogP contribution is 2.13. The van der Waals surface area contributed by atoms with Crippen molar-refractivity contribution in [3.8, 4) is 0 Å². The summed E-state index contributed by atoms with van der Waals surface area (Å²) in [5.41, 5.74) is 6.49. The Kier molecular flexibility index (Phi) is 2.57. The predicted octanol–water partition coefficient (Wildman–Crippen LogP) is 0.656. The summed E-state index contributed by atoms with van der Waals surface area (Å²) >= 11 is 0. The molecule has 0 bridgehead atoms. The number of halogens is 1. The Morgan fingerprint density at radius 1 is 1.62 bits per heavy atom. The Hall–Kier alpha value is -1.95. The van der Waals surface area contributed by atoms with Crippen LogP contribution >= 0.6 is 0 Å². The predicted molar refractivity (Wildman–Crippen MR) is 55.4 cm³/mol. The Labute approximate surface area is 90.1 Å². The molecule has 4 N–H and O–H groups in total. The van der Waals surface area contributed by atoms with Gasteiger partial charge in [-0.3, -0.25) is 4.79 Å². The molecule has 1 heterocycles. The maximum absolute atomic E-state index is 12.9. The van der Waals surface area contributed by atoms with Gasteiger partial charge in [0, 0.05) is 6.42 Å². The highest BCUT2D eigenvalue weighted by molar-refractivity contribution is 5.76. The highest BCUT2D eigenvalue weighted by Gasteiger charge is 2.14. The first-order chi connectivity index (χ1) is 7.56. The fourth-order valence-corrected chi connectivity index (χ4v) is 1.43. The molecule has 6 heteroatoms. The number of H-pyrrole nitrogens is 1. The summed E-state index contributed by atoms with van der Waals surface area (Å²) in [4.78, 5) is 17.5. The highest BCUT2D eigenvalue weighted by atomic mass is 19.1. The van der Waals surface area contributed by atoms with Crippen LogP contribution in [0.15, 0.2) is 18.2 Å². The van der Waals surface area contributed by atoms with Crippen LogP contribution in [0.3, 0.4) is 0 Å². The normalized spacial score (nSPS) is 12.9. The summed E-state index contributed by atoms with van der Waals surface area (Å²) in [6.45, 7) is 0. The number of aliphatic carboxylic acids is 1. The molecule has 0 unspecified atom stereocenters. The summed E-state index contributed by atoms with van der Waals surface area (Å²) in [5, 5.41) is 8.64. The number of benzene rings is 1. The van der Waals surface area contributed by atoms with Crippen LogP contribution in [-0.2, 0) is 11.2 Å². The minimum atomic E-state index is -1.09. The first kappa shape index (κ1) is 10.6. The van der Waals surface area contributed by atoms with Gasteiger partial charge >= 0.3 is 5.97 Å². The molecule has 0 aliphatic rings. The maximum Gasteiger partial charge on any atom is 0.320 e. The number of carbonyl (C=O) groups is 1. The topological polar surface area (TPSA) is 92.0 Å². The Balaban J connectivity index is 2.29. The molecule has 16 heavy (non-hydrogen) atoms. The standard InChI is InChI=1S/C10H10FN3O2/c11-5-1-2-7-8(3-5)14-9(13-7)4-6(12)10(15)16/h1-3,6H,4,12H2,(H,13,14)(H,15,16)/t6-/m0/s1. The minimum Gasteiger partial charge on any atom is -0.480 e. The molecular formula is C10H10FN3O2. The van der Waals surface area contributed by atoms with Gasteiger partial charge in [0.2, 0.25) is 0 Å². The van der Waals surface area contributed by atoms with Gasteiger partial charge in [0.1, 0.15) is 17.7 Å². The van der Waals surface area contributed by atoms with Crippen LogP contribution in [0, 0.1) is 5.82 Å². The van der Waals surface area contributed by atoms with Crippen LogP contribution in [0.25, 0.3) is 11.0 Å². The summed E-state index contributed by atoms with van der Waals surface area (Å²) in [7, 11) is 0. The van der Waals surface area contributed by atoms with Crippen LogP contribution in [0.2, 0.25) is 0 Å². The lowest BCUT2D eigenvalue weighted by molar-refractivity contribution is -0.138. The van der Waals surface area contributed by atoms with Crippen molar-refractivity contribution in [3.05, 3.63) is 29.8 Å². The zero-order valence-electron chi connectivity index (χ0n) is 8.27. The second-order valence-electron chi connectivity index (χ2n) is 3.49. The van der Waals surface area contributed by atoms with Crippen molar-refractivity contribution >= 4 is 17.0 Å². The van der Waals surface area contributed by atoms with Crippen LogP contribution in [0.4, 0.5) is 4.39 Å². The molecule has 2 aromatic rings. The molecule has 1 aromatic heterocycles. The summed E-state index contributed by atoms with van der Waals surface area (Å²) in [5.74, 6) is -1.02. The second kappa shape index (κ2) is 3.90. The van der Waals surface area contributed by atoms with Gasteiger partial charge in [0.05, 0.1) is 11.0 Å². The van der Waals surface area contributed by atoms with E-state index in [1.54, 1.807) is 0 Å². The fraction of sp³-hybridized carbons (Fsp3) is 0.200. The van der Waals surface area contributed by atoms with Crippen molar-refractivity contribution in [1.82, 2.24) is 9.97 Å². The van der Waals surface area contributed by atoms with E-state index in [0.29, 0.717) is 16.9 Å². The average Bonchev–Trinajstić information content (AvgIpc) is 2.58. The number of rotatable bonds is 3. The molecule has 0 saturated carbocycles. The number of nitrogens with two attached hydrogens (primary N) is 1. The van der Waals surface area contributed by atoms with E-state index in [2.05, 4.69) is 9.97 Å². The fourth-order valence-electron chi connectivity index (χ4n) is 1.43. The van der Waals surface area contributed by atoms with Crippen molar-refractivity contribution in [3.63, 3.8) is 0 Å². The van der Waals surface area contributed by atoms with Crippen molar-refractivity contribution < 1.29 is 14.3 Å². The number of nitrogens with zero attached hydrogens (tertiary/aromatic N) is 1. The largest absolute Gasteiger partial charge is 0.480 e. The van der Waals surface area contributed by atoms with Crippen molar-refractivity contribution in [2.24, 2.45) is 5.73 Å². The van der Waals surface area contributed by atoms with Gasteiger partial charge in [-0.15, -0.1) is 0 Å². The van der Waals surface area contributed by atoms with Gasteiger partial charge in [0.25, 0.3) is 0 Å². The van der Waals surface area contributed by atoms with Crippen LogP contribution in [0.1, 0.15) is 5.82 Å².